The number of hydrogen-bond acceptors (Lipinski definition) is 5. The highest BCUT2D eigenvalue weighted by Gasteiger charge is 2.15. The molecule has 0 aliphatic carbocycles. The second kappa shape index (κ2) is 7.23. The highest BCUT2D eigenvalue weighted by molar-refractivity contribution is 6.33. The number of amides is 1. The molecule has 0 unspecified atom stereocenters. The number of aryl methyl sites for hydroxylation is 1. The Balaban J connectivity index is 1.53. The SMILES string of the molecule is Cc1cccc(OCC(=O)N/N=C/c2cc3c(cc2Cl)OCO3)c1. The van der Waals surface area contributed by atoms with Gasteiger partial charge in [-0.3, -0.25) is 4.79 Å². The van der Waals surface area contributed by atoms with Gasteiger partial charge in [-0.15, -0.1) is 0 Å². The van der Waals surface area contributed by atoms with E-state index >= 15 is 0 Å². The van der Waals surface area contributed by atoms with Crippen LogP contribution in [0.15, 0.2) is 41.5 Å². The van der Waals surface area contributed by atoms with Crippen molar-refractivity contribution in [2.45, 2.75) is 6.92 Å². The van der Waals surface area contributed by atoms with Gasteiger partial charge in [-0.25, -0.2) is 5.43 Å². The van der Waals surface area contributed by atoms with Crippen molar-refractivity contribution in [3.63, 3.8) is 0 Å². The van der Waals surface area contributed by atoms with E-state index in [4.69, 9.17) is 25.8 Å². The number of fused-ring (bicyclic) bond motifs is 1. The number of ether oxygens (including phenoxy) is 3. The first-order valence-electron chi connectivity index (χ1n) is 7.22. The monoisotopic (exact) mass is 346 g/mol. The van der Waals surface area contributed by atoms with Gasteiger partial charge in [-0.05, 0) is 30.7 Å². The molecule has 0 saturated heterocycles. The first-order valence-corrected chi connectivity index (χ1v) is 7.60. The van der Waals surface area contributed by atoms with Gasteiger partial charge in [0.15, 0.2) is 18.1 Å². The van der Waals surface area contributed by atoms with Gasteiger partial charge in [-0.2, -0.15) is 5.10 Å². The van der Waals surface area contributed by atoms with Gasteiger partial charge in [0.05, 0.1) is 11.2 Å². The summed E-state index contributed by atoms with van der Waals surface area (Å²) < 4.78 is 15.9. The quantitative estimate of drug-likeness (QED) is 0.667. The molecular formula is C17H15ClN2O4. The summed E-state index contributed by atoms with van der Waals surface area (Å²) in [5, 5.41) is 4.32. The molecule has 3 rings (SSSR count). The van der Waals surface area contributed by atoms with E-state index in [1.807, 2.05) is 25.1 Å². The van der Waals surface area contributed by atoms with Crippen LogP contribution in [0.2, 0.25) is 5.02 Å². The van der Waals surface area contributed by atoms with Gasteiger partial charge in [0, 0.05) is 11.6 Å². The van der Waals surface area contributed by atoms with Crippen molar-refractivity contribution in [3.05, 3.63) is 52.5 Å². The second-order valence-corrected chi connectivity index (χ2v) is 5.53. The fourth-order valence-corrected chi connectivity index (χ4v) is 2.29. The van der Waals surface area contributed by atoms with Crippen molar-refractivity contribution in [2.75, 3.05) is 13.4 Å². The van der Waals surface area contributed by atoms with Crippen LogP contribution in [0.3, 0.4) is 0 Å². The Morgan fingerprint density at radius 2 is 2.12 bits per heavy atom. The molecule has 1 aliphatic heterocycles. The fraction of sp³-hybridized carbons (Fsp3) is 0.176. The predicted octanol–water partition coefficient (Wildman–Crippen LogP) is 2.91. The topological polar surface area (TPSA) is 69.2 Å². The fourth-order valence-electron chi connectivity index (χ4n) is 2.09. The van der Waals surface area contributed by atoms with E-state index < -0.39 is 0 Å². The maximum atomic E-state index is 11.7. The number of halogens is 1. The minimum atomic E-state index is -0.371. The maximum absolute atomic E-state index is 11.7. The van der Waals surface area contributed by atoms with E-state index in [0.717, 1.165) is 5.56 Å². The molecule has 6 nitrogen and oxygen atoms in total. The third-order valence-electron chi connectivity index (χ3n) is 3.24. The summed E-state index contributed by atoms with van der Waals surface area (Å²) in [6.45, 7) is 1.99. The Morgan fingerprint density at radius 1 is 1.33 bits per heavy atom. The maximum Gasteiger partial charge on any atom is 0.277 e. The van der Waals surface area contributed by atoms with Gasteiger partial charge < -0.3 is 14.2 Å². The molecule has 124 valence electrons. The summed E-state index contributed by atoms with van der Waals surface area (Å²) in [7, 11) is 0. The molecule has 0 spiro atoms. The number of benzene rings is 2. The molecule has 7 heteroatoms. The van der Waals surface area contributed by atoms with Gasteiger partial charge in [0.25, 0.3) is 5.91 Å². The number of nitrogens with zero attached hydrogens (tertiary/aromatic N) is 1. The first-order chi connectivity index (χ1) is 11.6. The van der Waals surface area contributed by atoms with Crippen molar-refractivity contribution in [1.29, 1.82) is 0 Å². The van der Waals surface area contributed by atoms with Gasteiger partial charge in [0.2, 0.25) is 6.79 Å². The molecule has 1 heterocycles. The van der Waals surface area contributed by atoms with E-state index in [0.29, 0.717) is 27.8 Å². The summed E-state index contributed by atoms with van der Waals surface area (Å²) in [5.41, 5.74) is 4.06. The molecule has 0 radical (unpaired) electrons. The molecule has 1 amide bonds. The molecule has 0 fully saturated rings. The lowest BCUT2D eigenvalue weighted by Gasteiger charge is -2.05. The first kappa shape index (κ1) is 16.1. The number of rotatable bonds is 5. The van der Waals surface area contributed by atoms with E-state index in [2.05, 4.69) is 10.5 Å². The Kier molecular flexibility index (Phi) is 4.86. The Bertz CT molecular complexity index is 792. The third kappa shape index (κ3) is 3.97. The van der Waals surface area contributed by atoms with Crippen LogP contribution < -0.4 is 19.6 Å². The molecule has 1 N–H and O–H groups in total. The standard InChI is InChI=1S/C17H15ClN2O4/c1-11-3-2-4-13(5-11)22-9-17(21)20-19-8-12-6-15-16(7-14(12)18)24-10-23-15/h2-8H,9-10H2,1H3,(H,20,21)/b19-8+. The molecule has 0 saturated carbocycles. The van der Waals surface area contributed by atoms with Crippen LogP contribution in [0.25, 0.3) is 0 Å². The minimum absolute atomic E-state index is 0.129. The average molecular weight is 347 g/mol. The predicted molar refractivity (Wildman–Crippen MR) is 90.0 cm³/mol. The molecule has 0 aromatic heterocycles. The van der Waals surface area contributed by atoms with Gasteiger partial charge in [0.1, 0.15) is 5.75 Å². The van der Waals surface area contributed by atoms with Crippen LogP contribution in [-0.2, 0) is 4.79 Å². The van der Waals surface area contributed by atoms with Crippen LogP contribution in [0.1, 0.15) is 11.1 Å². The minimum Gasteiger partial charge on any atom is -0.484 e. The number of nitrogens with one attached hydrogen (secondary N) is 1. The zero-order valence-corrected chi connectivity index (χ0v) is 13.7. The zero-order valence-electron chi connectivity index (χ0n) is 12.9. The smallest absolute Gasteiger partial charge is 0.277 e. The number of carbonyl (C=O) groups is 1. The van der Waals surface area contributed by atoms with Gasteiger partial charge in [-0.1, -0.05) is 23.7 Å². The third-order valence-corrected chi connectivity index (χ3v) is 3.57. The number of hydrogen-bond donors (Lipinski definition) is 1. The van der Waals surface area contributed by atoms with E-state index in [1.54, 1.807) is 18.2 Å². The highest BCUT2D eigenvalue weighted by atomic mass is 35.5. The van der Waals surface area contributed by atoms with Crippen molar-refractivity contribution < 1.29 is 19.0 Å². The highest BCUT2D eigenvalue weighted by Crippen LogP contribution is 2.36. The van der Waals surface area contributed by atoms with Crippen LogP contribution in [-0.4, -0.2) is 25.5 Å². The number of hydrazone groups is 1. The molecule has 0 atom stereocenters. The summed E-state index contributed by atoms with van der Waals surface area (Å²) in [4.78, 5) is 11.7. The lowest BCUT2D eigenvalue weighted by molar-refractivity contribution is -0.123. The molecule has 2 aromatic rings. The summed E-state index contributed by atoms with van der Waals surface area (Å²) >= 11 is 6.12. The van der Waals surface area contributed by atoms with Crippen LogP contribution in [0, 0.1) is 6.92 Å². The molecular weight excluding hydrogens is 332 g/mol. The lowest BCUT2D eigenvalue weighted by atomic mass is 10.2. The normalized spacial score (nSPS) is 12.4. The van der Waals surface area contributed by atoms with Crippen molar-refractivity contribution in [1.82, 2.24) is 5.43 Å². The van der Waals surface area contributed by atoms with E-state index in [1.165, 1.54) is 6.21 Å². The summed E-state index contributed by atoms with van der Waals surface area (Å²) in [6, 6.07) is 10.8. The Labute approximate surface area is 144 Å². The molecule has 24 heavy (non-hydrogen) atoms. The zero-order chi connectivity index (χ0) is 16.9. The second-order valence-electron chi connectivity index (χ2n) is 5.13. The van der Waals surface area contributed by atoms with Crippen molar-refractivity contribution in [2.24, 2.45) is 5.10 Å². The lowest BCUT2D eigenvalue weighted by Crippen LogP contribution is -2.24. The molecule has 2 aromatic carbocycles. The van der Waals surface area contributed by atoms with Crippen molar-refractivity contribution in [3.8, 4) is 17.2 Å². The van der Waals surface area contributed by atoms with Crippen LogP contribution in [0.5, 0.6) is 17.2 Å². The van der Waals surface area contributed by atoms with Crippen molar-refractivity contribution >= 4 is 23.7 Å². The Morgan fingerprint density at radius 3 is 2.92 bits per heavy atom. The average Bonchev–Trinajstić information content (AvgIpc) is 3.00. The van der Waals surface area contributed by atoms with Crippen LogP contribution in [0.4, 0.5) is 0 Å². The Hall–Kier alpha value is -2.73. The van der Waals surface area contributed by atoms with E-state index in [-0.39, 0.29) is 19.3 Å². The summed E-state index contributed by atoms with van der Waals surface area (Å²) in [6.07, 6.45) is 1.44. The van der Waals surface area contributed by atoms with Crippen LogP contribution >= 0.6 is 11.6 Å². The largest absolute Gasteiger partial charge is 0.484 e. The number of carbonyl (C=O) groups excluding carboxylic acids is 1. The molecule has 1 aliphatic rings. The van der Waals surface area contributed by atoms with Gasteiger partial charge >= 0.3 is 0 Å². The molecule has 0 bridgehead atoms. The van der Waals surface area contributed by atoms with E-state index in [9.17, 15) is 4.79 Å². The summed E-state index contributed by atoms with van der Waals surface area (Å²) in [5.74, 6) is 1.44.